The fourth-order valence-electron chi connectivity index (χ4n) is 1.40. The monoisotopic (exact) mass is 274 g/mol. The Hall–Kier alpha value is -2.33. The Kier molecular flexibility index (Phi) is 4.15. The summed E-state index contributed by atoms with van der Waals surface area (Å²) in [4.78, 5) is 15.6. The molecule has 5 heteroatoms. The van der Waals surface area contributed by atoms with Gasteiger partial charge in [0, 0.05) is 17.3 Å². The van der Waals surface area contributed by atoms with Crippen LogP contribution in [0.15, 0.2) is 48.7 Å². The molecule has 0 aliphatic heterocycles. The first-order valence-corrected chi connectivity index (χ1v) is 5.91. The van der Waals surface area contributed by atoms with Crippen molar-refractivity contribution in [2.45, 2.75) is 0 Å². The molecular formula is C14H11ClN2O2. The molecule has 0 saturated carbocycles. The predicted octanol–water partition coefficient (Wildman–Crippen LogP) is 3.09. The van der Waals surface area contributed by atoms with E-state index in [1.165, 1.54) is 12.3 Å². The third-order valence-electron chi connectivity index (χ3n) is 2.29. The molecule has 96 valence electrons. The molecule has 0 spiro atoms. The summed E-state index contributed by atoms with van der Waals surface area (Å²) in [6.07, 6.45) is 4.54. The van der Waals surface area contributed by atoms with E-state index in [0.717, 1.165) is 5.56 Å². The minimum absolute atomic E-state index is 0.185. The van der Waals surface area contributed by atoms with Gasteiger partial charge in [-0.05, 0) is 35.9 Å². The van der Waals surface area contributed by atoms with Crippen LogP contribution in [0.25, 0.3) is 6.08 Å². The lowest BCUT2D eigenvalue weighted by Gasteiger charge is -2.00. The number of rotatable bonds is 3. The summed E-state index contributed by atoms with van der Waals surface area (Å²) in [5.74, 6) is 0.278. The van der Waals surface area contributed by atoms with Crippen LogP contribution in [0.1, 0.15) is 5.56 Å². The molecular weight excluding hydrogens is 264 g/mol. The van der Waals surface area contributed by atoms with E-state index >= 15 is 0 Å². The largest absolute Gasteiger partial charge is 0.508 e. The Morgan fingerprint density at radius 3 is 2.68 bits per heavy atom. The number of benzene rings is 1. The lowest BCUT2D eigenvalue weighted by Crippen LogP contribution is -2.08. The highest BCUT2D eigenvalue weighted by atomic mass is 35.5. The van der Waals surface area contributed by atoms with Gasteiger partial charge >= 0.3 is 0 Å². The van der Waals surface area contributed by atoms with Gasteiger partial charge < -0.3 is 10.4 Å². The third kappa shape index (κ3) is 4.12. The van der Waals surface area contributed by atoms with E-state index in [0.29, 0.717) is 10.8 Å². The normalized spacial score (nSPS) is 10.6. The lowest BCUT2D eigenvalue weighted by atomic mass is 10.2. The zero-order chi connectivity index (χ0) is 13.7. The Labute approximate surface area is 115 Å². The van der Waals surface area contributed by atoms with Crippen molar-refractivity contribution in [3.05, 3.63) is 59.3 Å². The molecule has 1 aromatic carbocycles. The molecule has 4 nitrogen and oxygen atoms in total. The van der Waals surface area contributed by atoms with Crippen LogP contribution in [-0.2, 0) is 4.79 Å². The number of phenolic OH excluding ortho intramolecular Hbond substituents is 1. The first kappa shape index (κ1) is 13.1. The molecule has 0 radical (unpaired) electrons. The average Bonchev–Trinajstić information content (AvgIpc) is 2.38. The molecule has 0 saturated heterocycles. The van der Waals surface area contributed by atoms with Gasteiger partial charge in [0.25, 0.3) is 0 Å². The van der Waals surface area contributed by atoms with Crippen LogP contribution in [0.3, 0.4) is 0 Å². The molecule has 0 aliphatic rings. The van der Waals surface area contributed by atoms with Crippen molar-refractivity contribution in [3.63, 3.8) is 0 Å². The van der Waals surface area contributed by atoms with Crippen LogP contribution >= 0.6 is 11.6 Å². The van der Waals surface area contributed by atoms with E-state index in [1.54, 1.807) is 42.5 Å². The van der Waals surface area contributed by atoms with Gasteiger partial charge in [-0.3, -0.25) is 4.79 Å². The Balaban J connectivity index is 1.99. The van der Waals surface area contributed by atoms with Gasteiger partial charge in [0.1, 0.15) is 11.6 Å². The quantitative estimate of drug-likeness (QED) is 0.846. The number of aromatic nitrogens is 1. The molecule has 2 N–H and O–H groups in total. The summed E-state index contributed by atoms with van der Waals surface area (Å²) in [5.41, 5.74) is 0.812. The fraction of sp³-hybridized carbons (Fsp3) is 0. The van der Waals surface area contributed by atoms with E-state index in [9.17, 15) is 4.79 Å². The van der Waals surface area contributed by atoms with Gasteiger partial charge in [-0.25, -0.2) is 4.98 Å². The SMILES string of the molecule is O=C(/C=C/c1ccc(O)cc1)Nc1cc(Cl)ccn1. The molecule has 0 bridgehead atoms. The second kappa shape index (κ2) is 6.02. The minimum atomic E-state index is -0.303. The Morgan fingerprint density at radius 1 is 1.26 bits per heavy atom. The number of amides is 1. The number of anilines is 1. The molecule has 0 aliphatic carbocycles. The molecule has 1 aromatic heterocycles. The van der Waals surface area contributed by atoms with E-state index in [1.807, 2.05) is 0 Å². The predicted molar refractivity (Wildman–Crippen MR) is 75.0 cm³/mol. The second-order valence-electron chi connectivity index (χ2n) is 3.77. The number of pyridine rings is 1. The average molecular weight is 275 g/mol. The fourth-order valence-corrected chi connectivity index (χ4v) is 1.56. The Bertz CT molecular complexity index is 609. The summed E-state index contributed by atoms with van der Waals surface area (Å²) in [6, 6.07) is 9.71. The zero-order valence-electron chi connectivity index (χ0n) is 9.88. The highest BCUT2D eigenvalue weighted by molar-refractivity contribution is 6.30. The highest BCUT2D eigenvalue weighted by Crippen LogP contribution is 2.13. The van der Waals surface area contributed by atoms with Gasteiger partial charge in [0.15, 0.2) is 0 Å². The van der Waals surface area contributed by atoms with Crippen LogP contribution in [0.2, 0.25) is 5.02 Å². The summed E-state index contributed by atoms with van der Waals surface area (Å²) in [7, 11) is 0. The van der Waals surface area contributed by atoms with E-state index in [4.69, 9.17) is 16.7 Å². The van der Waals surface area contributed by atoms with Crippen molar-refractivity contribution >= 4 is 29.4 Å². The maximum Gasteiger partial charge on any atom is 0.249 e. The standard InChI is InChI=1S/C14H11ClN2O2/c15-11-7-8-16-13(9-11)17-14(19)6-3-10-1-4-12(18)5-2-10/h1-9,18H,(H,16,17,19)/b6-3+. The van der Waals surface area contributed by atoms with E-state index in [2.05, 4.69) is 10.3 Å². The summed E-state index contributed by atoms with van der Waals surface area (Å²) in [5, 5.41) is 12.2. The zero-order valence-corrected chi connectivity index (χ0v) is 10.6. The van der Waals surface area contributed by atoms with E-state index in [-0.39, 0.29) is 11.7 Å². The number of carbonyl (C=O) groups is 1. The van der Waals surface area contributed by atoms with Crippen LogP contribution in [0, 0.1) is 0 Å². The maximum atomic E-state index is 11.6. The van der Waals surface area contributed by atoms with Crippen molar-refractivity contribution in [3.8, 4) is 5.75 Å². The lowest BCUT2D eigenvalue weighted by molar-refractivity contribution is -0.111. The van der Waals surface area contributed by atoms with Gasteiger partial charge in [-0.2, -0.15) is 0 Å². The molecule has 0 fully saturated rings. The second-order valence-corrected chi connectivity index (χ2v) is 4.21. The van der Waals surface area contributed by atoms with Gasteiger partial charge in [-0.15, -0.1) is 0 Å². The van der Waals surface area contributed by atoms with Gasteiger partial charge in [0.05, 0.1) is 0 Å². The van der Waals surface area contributed by atoms with Crippen molar-refractivity contribution in [2.24, 2.45) is 0 Å². The number of aromatic hydroxyl groups is 1. The molecule has 1 heterocycles. The van der Waals surface area contributed by atoms with Crippen molar-refractivity contribution in [1.29, 1.82) is 0 Å². The topological polar surface area (TPSA) is 62.2 Å². The number of carbonyl (C=O) groups excluding carboxylic acids is 1. The summed E-state index contributed by atoms with van der Waals surface area (Å²) >= 11 is 5.78. The molecule has 2 aromatic rings. The van der Waals surface area contributed by atoms with Crippen molar-refractivity contribution in [2.75, 3.05) is 5.32 Å². The van der Waals surface area contributed by atoms with Crippen molar-refractivity contribution < 1.29 is 9.90 Å². The number of hydrogen-bond acceptors (Lipinski definition) is 3. The molecule has 2 rings (SSSR count). The van der Waals surface area contributed by atoms with Crippen LogP contribution < -0.4 is 5.32 Å². The van der Waals surface area contributed by atoms with Crippen LogP contribution in [0.5, 0.6) is 5.75 Å². The summed E-state index contributed by atoms with van der Waals surface area (Å²) < 4.78 is 0. The molecule has 0 atom stereocenters. The van der Waals surface area contributed by atoms with Crippen molar-refractivity contribution in [1.82, 2.24) is 4.98 Å². The molecule has 19 heavy (non-hydrogen) atoms. The number of nitrogens with one attached hydrogen (secondary N) is 1. The number of halogens is 1. The van der Waals surface area contributed by atoms with Crippen LogP contribution in [0.4, 0.5) is 5.82 Å². The number of phenols is 1. The first-order chi connectivity index (χ1) is 9.13. The van der Waals surface area contributed by atoms with Gasteiger partial charge in [0.2, 0.25) is 5.91 Å². The number of hydrogen-bond donors (Lipinski definition) is 2. The smallest absolute Gasteiger partial charge is 0.249 e. The molecule has 1 amide bonds. The van der Waals surface area contributed by atoms with E-state index < -0.39 is 0 Å². The number of nitrogens with zero attached hydrogens (tertiary/aromatic N) is 1. The molecule has 0 unspecified atom stereocenters. The van der Waals surface area contributed by atoms with Crippen LogP contribution in [-0.4, -0.2) is 16.0 Å². The third-order valence-corrected chi connectivity index (χ3v) is 2.53. The highest BCUT2D eigenvalue weighted by Gasteiger charge is 1.99. The maximum absolute atomic E-state index is 11.6. The van der Waals surface area contributed by atoms with Gasteiger partial charge in [-0.1, -0.05) is 23.7 Å². The Morgan fingerprint density at radius 2 is 2.00 bits per heavy atom. The minimum Gasteiger partial charge on any atom is -0.508 e. The summed E-state index contributed by atoms with van der Waals surface area (Å²) in [6.45, 7) is 0. The first-order valence-electron chi connectivity index (χ1n) is 5.53.